The highest BCUT2D eigenvalue weighted by Crippen LogP contribution is 2.32. The summed E-state index contributed by atoms with van der Waals surface area (Å²) in [5.41, 5.74) is 2.40. The van der Waals surface area contributed by atoms with Gasteiger partial charge in [0, 0.05) is 12.6 Å². The van der Waals surface area contributed by atoms with Crippen LogP contribution in [0.15, 0.2) is 60.8 Å². The van der Waals surface area contributed by atoms with Gasteiger partial charge in [-0.25, -0.2) is 14.1 Å². The van der Waals surface area contributed by atoms with Crippen molar-refractivity contribution in [3.8, 4) is 34.4 Å². The first-order valence-electron chi connectivity index (χ1n) is 9.22. The zero-order valence-corrected chi connectivity index (χ0v) is 16.5. The highest BCUT2D eigenvalue weighted by molar-refractivity contribution is 5.76. The Morgan fingerprint density at radius 3 is 2.38 bits per heavy atom. The molecule has 0 atom stereocenters. The Balaban J connectivity index is 0.00000117. The van der Waals surface area contributed by atoms with Crippen LogP contribution in [0.4, 0.5) is 4.39 Å². The van der Waals surface area contributed by atoms with Crippen LogP contribution in [0.5, 0.6) is 11.8 Å². The fourth-order valence-corrected chi connectivity index (χ4v) is 2.77. The third-order valence-corrected chi connectivity index (χ3v) is 4.13. The van der Waals surface area contributed by atoms with Gasteiger partial charge in [-0.15, -0.1) is 5.10 Å². The number of hydrogen-bond acceptors (Lipinski definition) is 5. The molecule has 4 rings (SSSR count). The lowest BCUT2D eigenvalue weighted by Gasteiger charge is -2.09. The molecular weight excluding hydrogens is 373 g/mol. The van der Waals surface area contributed by atoms with E-state index in [1.54, 1.807) is 29.9 Å². The normalized spacial score (nSPS) is 10.4. The molecule has 1 N–H and O–H groups in total. The minimum atomic E-state index is -0.358. The summed E-state index contributed by atoms with van der Waals surface area (Å²) in [6.07, 6.45) is 1.62. The number of aliphatic hydroxyl groups is 1. The molecule has 2 aromatic heterocycles. The van der Waals surface area contributed by atoms with Crippen molar-refractivity contribution in [1.82, 2.24) is 24.5 Å². The van der Waals surface area contributed by atoms with E-state index in [-0.39, 0.29) is 12.5 Å². The van der Waals surface area contributed by atoms with Crippen molar-refractivity contribution in [2.75, 3.05) is 0 Å². The molecule has 0 radical (unpaired) electrons. The van der Waals surface area contributed by atoms with Crippen molar-refractivity contribution in [3.63, 3.8) is 0 Å². The molecule has 0 aliphatic carbocycles. The lowest BCUT2D eigenvalue weighted by molar-refractivity contribution is 0.194. The lowest BCUT2D eigenvalue weighted by Crippen LogP contribution is -2.05. The second-order valence-electron chi connectivity index (χ2n) is 5.83. The summed E-state index contributed by atoms with van der Waals surface area (Å²) in [7, 11) is 1.80. The summed E-state index contributed by atoms with van der Waals surface area (Å²) in [6, 6.07) is 15.6. The largest absolute Gasteiger partial charge is 0.426 e. The van der Waals surface area contributed by atoms with Gasteiger partial charge in [0.2, 0.25) is 0 Å². The number of rotatable bonds is 5. The van der Waals surface area contributed by atoms with Crippen molar-refractivity contribution >= 4 is 0 Å². The van der Waals surface area contributed by atoms with E-state index in [2.05, 4.69) is 15.3 Å². The Kier molecular flexibility index (Phi) is 6.36. The van der Waals surface area contributed by atoms with E-state index in [0.29, 0.717) is 34.4 Å². The Bertz CT molecular complexity index is 1060. The van der Waals surface area contributed by atoms with Gasteiger partial charge in [0.05, 0.1) is 11.9 Å². The maximum atomic E-state index is 13.3. The Hall–Kier alpha value is -3.52. The van der Waals surface area contributed by atoms with Crippen LogP contribution in [0.3, 0.4) is 0 Å². The van der Waals surface area contributed by atoms with Gasteiger partial charge in [0.15, 0.2) is 0 Å². The molecule has 7 nitrogen and oxygen atoms in total. The maximum absolute atomic E-state index is 13.3. The molecule has 0 saturated heterocycles. The van der Waals surface area contributed by atoms with Crippen molar-refractivity contribution in [1.29, 1.82) is 0 Å². The van der Waals surface area contributed by atoms with Gasteiger partial charge < -0.3 is 9.84 Å². The number of imidazole rings is 1. The predicted molar refractivity (Wildman–Crippen MR) is 108 cm³/mol. The molecule has 2 heterocycles. The number of hydrogen-bond donors (Lipinski definition) is 1. The molecule has 0 aliphatic rings. The maximum Gasteiger partial charge on any atom is 0.302 e. The van der Waals surface area contributed by atoms with E-state index >= 15 is 0 Å². The SMILES string of the molecule is CC.Cn1c(-c2c(-c3ccc(F)cc3)nnn2CO)cnc1Oc1ccccc1. The van der Waals surface area contributed by atoms with Crippen LogP contribution < -0.4 is 4.74 Å². The first-order valence-corrected chi connectivity index (χ1v) is 9.22. The van der Waals surface area contributed by atoms with Gasteiger partial charge in [-0.2, -0.15) is 0 Å². The Morgan fingerprint density at radius 2 is 1.72 bits per heavy atom. The summed E-state index contributed by atoms with van der Waals surface area (Å²) in [5.74, 6) is 0.319. The fourth-order valence-electron chi connectivity index (χ4n) is 2.77. The van der Waals surface area contributed by atoms with Crippen LogP contribution in [0, 0.1) is 5.82 Å². The van der Waals surface area contributed by atoms with E-state index in [9.17, 15) is 9.50 Å². The first kappa shape index (κ1) is 20.2. The van der Waals surface area contributed by atoms with E-state index in [4.69, 9.17) is 4.74 Å². The number of aromatic nitrogens is 5. The van der Waals surface area contributed by atoms with Crippen molar-refractivity contribution in [3.05, 3.63) is 66.6 Å². The molecule has 4 aromatic rings. The van der Waals surface area contributed by atoms with E-state index in [0.717, 1.165) is 0 Å². The Morgan fingerprint density at radius 1 is 1.03 bits per heavy atom. The van der Waals surface area contributed by atoms with Crippen LogP contribution >= 0.6 is 0 Å². The standard InChI is InChI=1S/C19H16FN5O2.C2H6/c1-24-16(11-21-19(24)27-15-5-3-2-4-6-15)18-17(22-23-25(18)12-26)13-7-9-14(20)10-8-13;1-2/h2-11,26H,12H2,1H3;1-2H3. The zero-order chi connectivity index (χ0) is 20.8. The second-order valence-corrected chi connectivity index (χ2v) is 5.83. The molecule has 29 heavy (non-hydrogen) atoms. The average Bonchev–Trinajstić information content (AvgIpc) is 3.34. The van der Waals surface area contributed by atoms with Crippen LogP contribution in [-0.4, -0.2) is 29.7 Å². The predicted octanol–water partition coefficient (Wildman–Crippen LogP) is 4.25. The summed E-state index contributed by atoms with van der Waals surface area (Å²) in [5, 5.41) is 17.8. The molecule has 0 bridgehead atoms. The first-order chi connectivity index (χ1) is 14.2. The van der Waals surface area contributed by atoms with Crippen molar-refractivity contribution < 1.29 is 14.2 Å². The van der Waals surface area contributed by atoms with Gasteiger partial charge in [-0.3, -0.25) is 4.57 Å². The summed E-state index contributed by atoms with van der Waals surface area (Å²) in [6.45, 7) is 3.64. The monoisotopic (exact) mass is 395 g/mol. The van der Waals surface area contributed by atoms with Gasteiger partial charge in [-0.1, -0.05) is 37.3 Å². The van der Waals surface area contributed by atoms with Crippen LogP contribution in [0.2, 0.25) is 0 Å². The number of halogens is 1. The van der Waals surface area contributed by atoms with Gasteiger partial charge >= 0.3 is 6.01 Å². The molecular formula is C21H22FN5O2. The molecule has 0 amide bonds. The summed E-state index contributed by atoms with van der Waals surface area (Å²) in [4.78, 5) is 4.32. The molecule has 0 aliphatic heterocycles. The summed E-state index contributed by atoms with van der Waals surface area (Å²) < 4.78 is 22.2. The third-order valence-electron chi connectivity index (χ3n) is 4.13. The Labute approximate surface area is 168 Å². The molecule has 150 valence electrons. The van der Waals surface area contributed by atoms with Crippen LogP contribution in [0.25, 0.3) is 22.6 Å². The highest BCUT2D eigenvalue weighted by atomic mass is 19.1. The molecule has 0 unspecified atom stereocenters. The number of benzene rings is 2. The fraction of sp³-hybridized carbons (Fsp3) is 0.190. The zero-order valence-electron chi connectivity index (χ0n) is 16.5. The molecule has 0 spiro atoms. The topological polar surface area (TPSA) is 78.0 Å². The minimum absolute atomic E-state index is 0.339. The smallest absolute Gasteiger partial charge is 0.302 e. The second kappa shape index (κ2) is 9.11. The highest BCUT2D eigenvalue weighted by Gasteiger charge is 2.21. The van der Waals surface area contributed by atoms with Crippen molar-refractivity contribution in [2.24, 2.45) is 7.05 Å². The molecule has 0 saturated carbocycles. The van der Waals surface area contributed by atoms with E-state index in [1.165, 1.54) is 16.8 Å². The average molecular weight is 395 g/mol. The third kappa shape index (κ3) is 4.17. The van der Waals surface area contributed by atoms with E-state index in [1.807, 2.05) is 44.2 Å². The van der Waals surface area contributed by atoms with Crippen LogP contribution in [-0.2, 0) is 13.8 Å². The number of nitrogens with zero attached hydrogens (tertiary/aromatic N) is 5. The molecule has 8 heteroatoms. The molecule has 2 aromatic carbocycles. The number of aliphatic hydroxyl groups excluding tert-OH is 1. The van der Waals surface area contributed by atoms with Crippen molar-refractivity contribution in [2.45, 2.75) is 20.6 Å². The lowest BCUT2D eigenvalue weighted by atomic mass is 10.1. The minimum Gasteiger partial charge on any atom is -0.426 e. The van der Waals surface area contributed by atoms with E-state index < -0.39 is 0 Å². The number of ether oxygens (including phenoxy) is 1. The number of para-hydroxylation sites is 1. The van der Waals surface area contributed by atoms with Gasteiger partial charge in [-0.05, 0) is 36.4 Å². The molecule has 0 fully saturated rings. The summed E-state index contributed by atoms with van der Waals surface area (Å²) >= 11 is 0. The van der Waals surface area contributed by atoms with Gasteiger partial charge in [0.25, 0.3) is 0 Å². The van der Waals surface area contributed by atoms with Crippen LogP contribution in [0.1, 0.15) is 13.8 Å². The van der Waals surface area contributed by atoms with Gasteiger partial charge in [0.1, 0.15) is 29.7 Å². The quantitative estimate of drug-likeness (QED) is 0.546.